The molecular weight excluding hydrogens is 647 g/mol. The second kappa shape index (κ2) is 12.7. The molecule has 1 aliphatic heterocycles. The summed E-state index contributed by atoms with van der Waals surface area (Å²) in [5.41, 5.74) is 6.73. The number of benzene rings is 5. The van der Waals surface area contributed by atoms with Crippen LogP contribution in [-0.2, 0) is 4.57 Å². The summed E-state index contributed by atoms with van der Waals surface area (Å²) in [4.78, 5) is 25.9. The van der Waals surface area contributed by atoms with Gasteiger partial charge >= 0.3 is 0 Å². The highest BCUT2D eigenvalue weighted by atomic mass is 31.2. The van der Waals surface area contributed by atoms with Crippen molar-refractivity contribution in [2.75, 3.05) is 4.90 Å². The van der Waals surface area contributed by atoms with Crippen LogP contribution in [0.15, 0.2) is 176 Å². The lowest BCUT2D eigenvalue weighted by molar-refractivity contribution is 0.592. The van der Waals surface area contributed by atoms with Crippen LogP contribution in [0.4, 0.5) is 17.1 Å². The molecule has 0 fully saturated rings. The number of pyridine rings is 2. The Bertz CT molecular complexity index is 2490. The van der Waals surface area contributed by atoms with Crippen LogP contribution < -0.4 is 20.8 Å². The average Bonchev–Trinajstić information content (AvgIpc) is 3.22. The molecule has 0 amide bonds. The molecule has 0 radical (unpaired) electrons. The van der Waals surface area contributed by atoms with Gasteiger partial charge in [0.1, 0.15) is 11.4 Å². The van der Waals surface area contributed by atoms with Crippen LogP contribution in [0.25, 0.3) is 45.6 Å². The van der Waals surface area contributed by atoms with Crippen LogP contribution >= 0.6 is 7.14 Å². The molecule has 1 aliphatic rings. The van der Waals surface area contributed by atoms with Crippen molar-refractivity contribution in [1.29, 1.82) is 0 Å². The van der Waals surface area contributed by atoms with E-state index in [-0.39, 0.29) is 0 Å². The minimum atomic E-state index is -3.27. The summed E-state index contributed by atoms with van der Waals surface area (Å²) in [5.74, 6) is 1.46. The Hall–Kier alpha value is -6.56. The monoisotopic (exact) mass is 676 g/mol. The van der Waals surface area contributed by atoms with Crippen molar-refractivity contribution in [2.45, 2.75) is 0 Å². The zero-order chi connectivity index (χ0) is 34.2. The van der Waals surface area contributed by atoms with Gasteiger partial charge in [-0.3, -0.25) is 9.97 Å². The number of hydrogen-bond acceptors (Lipinski definition) is 7. The summed E-state index contributed by atoms with van der Waals surface area (Å²) in [7, 11) is -3.27. The third kappa shape index (κ3) is 5.41. The molecule has 51 heavy (non-hydrogen) atoms. The van der Waals surface area contributed by atoms with Crippen molar-refractivity contribution in [2.24, 2.45) is 0 Å². The molecule has 0 saturated carbocycles. The van der Waals surface area contributed by atoms with Crippen LogP contribution in [-0.4, -0.2) is 24.9 Å². The maximum Gasteiger partial charge on any atom is 0.182 e. The van der Waals surface area contributed by atoms with Crippen LogP contribution in [0.1, 0.15) is 0 Å². The van der Waals surface area contributed by atoms with E-state index in [9.17, 15) is 0 Å². The fourth-order valence-corrected chi connectivity index (χ4v) is 9.63. The quantitative estimate of drug-likeness (QED) is 0.163. The van der Waals surface area contributed by atoms with Gasteiger partial charge in [-0.15, -0.1) is 0 Å². The normalized spacial score (nSPS) is 14.8. The molecule has 8 heteroatoms. The molecule has 3 aromatic heterocycles. The maximum atomic E-state index is 15.7. The van der Waals surface area contributed by atoms with E-state index in [4.69, 9.17) is 19.9 Å². The van der Waals surface area contributed by atoms with Crippen LogP contribution in [0.5, 0.6) is 0 Å². The van der Waals surface area contributed by atoms with E-state index >= 15 is 4.57 Å². The SMILES string of the molecule is O=P1(c2ccccc2)c2ccccc2N(c2ccccc2)c2ccc(-c3ccc(-c4nc(-c5ccccc5)nc(-c5ccccn5)n4)nc3)cc21. The van der Waals surface area contributed by atoms with Gasteiger partial charge in [0.15, 0.2) is 24.6 Å². The Morgan fingerprint density at radius 1 is 0.451 bits per heavy atom. The van der Waals surface area contributed by atoms with Crippen molar-refractivity contribution < 1.29 is 4.57 Å². The molecule has 1 unspecified atom stereocenters. The molecule has 5 aromatic carbocycles. The lowest BCUT2D eigenvalue weighted by Gasteiger charge is -2.38. The van der Waals surface area contributed by atoms with Gasteiger partial charge in [-0.1, -0.05) is 109 Å². The number of hydrogen-bond donors (Lipinski definition) is 0. The van der Waals surface area contributed by atoms with Gasteiger partial charge in [-0.25, -0.2) is 15.0 Å². The fourth-order valence-electron chi connectivity index (χ4n) is 6.61. The molecule has 8 aromatic rings. The molecule has 0 spiro atoms. The predicted molar refractivity (Wildman–Crippen MR) is 205 cm³/mol. The highest BCUT2D eigenvalue weighted by Gasteiger charge is 2.41. The van der Waals surface area contributed by atoms with Crippen molar-refractivity contribution in [1.82, 2.24) is 24.9 Å². The number of fused-ring (bicyclic) bond motifs is 2. The smallest absolute Gasteiger partial charge is 0.182 e. The summed E-state index contributed by atoms with van der Waals surface area (Å²) >= 11 is 0. The van der Waals surface area contributed by atoms with Crippen LogP contribution in [0.3, 0.4) is 0 Å². The third-order valence-electron chi connectivity index (χ3n) is 9.04. The van der Waals surface area contributed by atoms with Gasteiger partial charge in [-0.2, -0.15) is 0 Å². The zero-order valence-electron chi connectivity index (χ0n) is 27.3. The van der Waals surface area contributed by atoms with Crippen molar-refractivity contribution in [3.63, 3.8) is 0 Å². The van der Waals surface area contributed by atoms with Gasteiger partial charge in [0.05, 0.1) is 11.4 Å². The zero-order valence-corrected chi connectivity index (χ0v) is 28.2. The molecule has 4 heterocycles. The molecule has 0 aliphatic carbocycles. The first kappa shape index (κ1) is 30.5. The molecule has 0 bridgehead atoms. The van der Waals surface area contributed by atoms with Gasteiger partial charge in [0.25, 0.3) is 0 Å². The summed E-state index contributed by atoms with van der Waals surface area (Å²) in [6.45, 7) is 0. The lowest BCUT2D eigenvalue weighted by atomic mass is 10.1. The number of rotatable bonds is 6. The Kier molecular flexibility index (Phi) is 7.60. The van der Waals surface area contributed by atoms with Gasteiger partial charge in [-0.05, 0) is 60.2 Å². The molecule has 1 atom stereocenters. The minimum Gasteiger partial charge on any atom is -0.309 e. The Labute approximate surface area is 295 Å². The first-order chi connectivity index (χ1) is 25.2. The van der Waals surface area contributed by atoms with E-state index in [1.165, 1.54) is 0 Å². The Balaban J connectivity index is 1.17. The van der Waals surface area contributed by atoms with E-state index in [1.807, 2.05) is 134 Å². The largest absolute Gasteiger partial charge is 0.309 e. The highest BCUT2D eigenvalue weighted by molar-refractivity contribution is 7.86. The van der Waals surface area contributed by atoms with Crippen LogP contribution in [0.2, 0.25) is 0 Å². The number of nitrogens with zero attached hydrogens (tertiary/aromatic N) is 6. The Morgan fingerprint density at radius 2 is 1.06 bits per heavy atom. The topological polar surface area (TPSA) is 84.8 Å². The lowest BCUT2D eigenvalue weighted by Crippen LogP contribution is -2.36. The van der Waals surface area contributed by atoms with E-state index in [2.05, 4.69) is 46.3 Å². The molecule has 0 saturated heterocycles. The van der Waals surface area contributed by atoms with Crippen molar-refractivity contribution in [3.05, 3.63) is 176 Å². The summed E-state index contributed by atoms with van der Waals surface area (Å²) in [5, 5.41) is 2.39. The van der Waals surface area contributed by atoms with Crippen molar-refractivity contribution >= 4 is 40.1 Å². The summed E-state index contributed by atoms with van der Waals surface area (Å²) in [6.07, 6.45) is 3.55. The second-order valence-corrected chi connectivity index (χ2v) is 14.8. The second-order valence-electron chi connectivity index (χ2n) is 12.1. The average molecular weight is 677 g/mol. The molecule has 0 N–H and O–H groups in total. The standard InChI is InChI=1S/C43H29N6OP/c50-51(34-18-8-3-9-19-34)39-22-11-10-21-37(39)49(33-16-6-2-7-17-33)38-26-24-31(28-40(38)51)32-23-25-36(45-29-32)43-47-41(30-14-4-1-5-15-30)46-42(48-43)35-20-12-13-27-44-35/h1-29H. The minimum absolute atomic E-state index is 0.449. The predicted octanol–water partition coefficient (Wildman–Crippen LogP) is 8.75. The number of anilines is 3. The fraction of sp³-hybridized carbons (Fsp3) is 0. The number of aromatic nitrogens is 5. The molecule has 242 valence electrons. The first-order valence-corrected chi connectivity index (χ1v) is 18.3. The molecular formula is C43H29N6OP. The highest BCUT2D eigenvalue weighted by Crippen LogP contribution is 2.54. The maximum absolute atomic E-state index is 15.7. The molecule has 7 nitrogen and oxygen atoms in total. The van der Waals surface area contributed by atoms with E-state index in [1.54, 1.807) is 6.20 Å². The van der Waals surface area contributed by atoms with Crippen LogP contribution in [0, 0.1) is 0 Å². The third-order valence-corrected chi connectivity index (χ3v) is 12.2. The first-order valence-electron chi connectivity index (χ1n) is 16.6. The van der Waals surface area contributed by atoms with E-state index < -0.39 is 7.14 Å². The summed E-state index contributed by atoms with van der Waals surface area (Å²) < 4.78 is 15.7. The Morgan fingerprint density at radius 3 is 1.76 bits per heavy atom. The number of para-hydroxylation sites is 2. The van der Waals surface area contributed by atoms with Gasteiger partial charge in [0.2, 0.25) is 0 Å². The van der Waals surface area contributed by atoms with Gasteiger partial charge in [0, 0.05) is 45.1 Å². The van der Waals surface area contributed by atoms with Gasteiger partial charge < -0.3 is 9.46 Å². The molecule has 9 rings (SSSR count). The van der Waals surface area contributed by atoms with E-state index in [0.717, 1.165) is 49.7 Å². The van der Waals surface area contributed by atoms with E-state index in [0.29, 0.717) is 28.9 Å². The van der Waals surface area contributed by atoms with Crippen molar-refractivity contribution in [3.8, 4) is 45.6 Å². The summed E-state index contributed by atoms with van der Waals surface area (Å²) in [6, 6.07) is 53.7.